The first-order chi connectivity index (χ1) is 7.59. The van der Waals surface area contributed by atoms with Crippen LogP contribution in [0.25, 0.3) is 0 Å². The molecule has 1 saturated heterocycles. The minimum atomic E-state index is -1.13. The molecule has 1 aliphatic heterocycles. The fourth-order valence-electron chi connectivity index (χ4n) is 2.89. The average molecular weight is 259 g/mol. The number of aryl methyl sites for hydroxylation is 1. The quantitative estimate of drug-likeness (QED) is 0.840. The Labute approximate surface area is 107 Å². The largest absolute Gasteiger partial charge is 0.380 e. The third-order valence-corrected chi connectivity index (χ3v) is 3.77. The highest BCUT2D eigenvalue weighted by Crippen LogP contribution is 2.51. The van der Waals surface area contributed by atoms with E-state index in [0.717, 1.165) is 0 Å². The van der Waals surface area contributed by atoms with Crippen molar-refractivity contribution in [1.82, 2.24) is 9.78 Å². The highest BCUT2D eigenvalue weighted by Gasteiger charge is 2.59. The van der Waals surface area contributed by atoms with Gasteiger partial charge in [0, 0.05) is 13.5 Å². The molecule has 0 spiro atoms. The summed E-state index contributed by atoms with van der Waals surface area (Å²) in [5.74, 6) is 0. The average Bonchev–Trinajstić information content (AvgIpc) is 2.49. The molecule has 1 N–H and O–H groups in total. The molecule has 2 rings (SSSR count). The summed E-state index contributed by atoms with van der Waals surface area (Å²) in [7, 11) is 1.78. The van der Waals surface area contributed by atoms with E-state index in [1.54, 1.807) is 17.9 Å². The van der Waals surface area contributed by atoms with Gasteiger partial charge < -0.3 is 9.84 Å². The molecule has 0 bridgehead atoms. The van der Waals surface area contributed by atoms with Gasteiger partial charge in [0.15, 0.2) is 0 Å². The number of ether oxygens (including phenoxy) is 1. The lowest BCUT2D eigenvalue weighted by molar-refractivity contribution is -0.132. The van der Waals surface area contributed by atoms with Crippen LogP contribution in [0.3, 0.4) is 0 Å². The predicted molar refractivity (Wildman–Crippen MR) is 66.0 cm³/mol. The van der Waals surface area contributed by atoms with E-state index in [9.17, 15) is 5.11 Å². The van der Waals surface area contributed by atoms with Crippen LogP contribution in [0.2, 0.25) is 5.02 Å². The van der Waals surface area contributed by atoms with Crippen molar-refractivity contribution in [1.29, 1.82) is 0 Å². The van der Waals surface area contributed by atoms with Crippen LogP contribution in [0.4, 0.5) is 0 Å². The predicted octanol–water partition coefficient (Wildman–Crippen LogP) is 2.24. The molecule has 0 saturated carbocycles. The summed E-state index contributed by atoms with van der Waals surface area (Å²) in [6, 6.07) is 0. The van der Waals surface area contributed by atoms with E-state index in [1.165, 1.54) is 0 Å². The molecular weight excluding hydrogens is 240 g/mol. The van der Waals surface area contributed by atoms with Gasteiger partial charge in [0.2, 0.25) is 0 Å². The van der Waals surface area contributed by atoms with E-state index in [1.807, 2.05) is 27.7 Å². The number of aliphatic hydroxyl groups is 1. The summed E-state index contributed by atoms with van der Waals surface area (Å²) in [5.41, 5.74) is -1.59. The van der Waals surface area contributed by atoms with E-state index in [4.69, 9.17) is 16.3 Å². The first kappa shape index (κ1) is 12.9. The number of hydrogen-bond donors (Lipinski definition) is 1. The van der Waals surface area contributed by atoms with Gasteiger partial charge in [-0.2, -0.15) is 5.10 Å². The third kappa shape index (κ3) is 1.79. The van der Waals surface area contributed by atoms with Gasteiger partial charge in [-0.15, -0.1) is 0 Å². The summed E-state index contributed by atoms with van der Waals surface area (Å²) in [6.07, 6.45) is 2.04. The van der Waals surface area contributed by atoms with Crippen molar-refractivity contribution in [2.45, 2.75) is 50.9 Å². The second-order valence-electron chi connectivity index (χ2n) is 5.87. The van der Waals surface area contributed by atoms with Gasteiger partial charge in [-0.05, 0) is 27.7 Å². The van der Waals surface area contributed by atoms with Crippen molar-refractivity contribution in [2.75, 3.05) is 0 Å². The van der Waals surface area contributed by atoms with E-state index in [-0.39, 0.29) is 5.60 Å². The van der Waals surface area contributed by atoms with Crippen LogP contribution in [0.15, 0.2) is 6.20 Å². The Balaban J connectivity index is 2.57. The minimum Gasteiger partial charge on any atom is -0.380 e. The van der Waals surface area contributed by atoms with Crippen LogP contribution in [-0.2, 0) is 17.4 Å². The van der Waals surface area contributed by atoms with Crippen LogP contribution >= 0.6 is 11.6 Å². The maximum absolute atomic E-state index is 11.0. The van der Waals surface area contributed by atoms with Crippen molar-refractivity contribution in [3.63, 3.8) is 0 Å². The molecule has 0 aromatic carbocycles. The Morgan fingerprint density at radius 1 is 1.41 bits per heavy atom. The summed E-state index contributed by atoms with van der Waals surface area (Å²) >= 11 is 6.14. The van der Waals surface area contributed by atoms with Gasteiger partial charge in [0.25, 0.3) is 0 Å². The van der Waals surface area contributed by atoms with Gasteiger partial charge in [0.05, 0.1) is 28.1 Å². The van der Waals surface area contributed by atoms with Gasteiger partial charge >= 0.3 is 0 Å². The number of aromatic nitrogens is 2. The van der Waals surface area contributed by atoms with Gasteiger partial charge in [-0.25, -0.2) is 0 Å². The highest BCUT2D eigenvalue weighted by molar-refractivity contribution is 6.31. The summed E-state index contributed by atoms with van der Waals surface area (Å²) in [5, 5.41) is 15.6. The number of halogens is 1. The zero-order chi connectivity index (χ0) is 13.1. The molecule has 4 nitrogen and oxygen atoms in total. The van der Waals surface area contributed by atoms with Crippen molar-refractivity contribution < 1.29 is 9.84 Å². The standard InChI is InChI=1S/C12H19ClN2O2/c1-10(2)7-12(16,11(3,4)17-10)9-8(13)6-14-15(9)5/h6,16H,7H2,1-5H3. The van der Waals surface area contributed by atoms with Crippen LogP contribution in [0.5, 0.6) is 0 Å². The SMILES string of the molecule is Cn1ncc(Cl)c1C1(O)CC(C)(C)OC1(C)C. The van der Waals surface area contributed by atoms with E-state index < -0.39 is 11.2 Å². The summed E-state index contributed by atoms with van der Waals surface area (Å²) < 4.78 is 7.56. The Bertz CT molecular complexity index is 434. The topological polar surface area (TPSA) is 47.3 Å². The Hall–Kier alpha value is -0.580. The van der Waals surface area contributed by atoms with Crippen LogP contribution in [0, 0.1) is 0 Å². The highest BCUT2D eigenvalue weighted by atomic mass is 35.5. The number of hydrogen-bond acceptors (Lipinski definition) is 3. The fraction of sp³-hybridized carbons (Fsp3) is 0.750. The monoisotopic (exact) mass is 258 g/mol. The maximum atomic E-state index is 11.0. The van der Waals surface area contributed by atoms with Gasteiger partial charge in [-0.1, -0.05) is 11.6 Å². The van der Waals surface area contributed by atoms with Gasteiger partial charge in [0.1, 0.15) is 5.60 Å². The van der Waals surface area contributed by atoms with Crippen molar-refractivity contribution in [2.24, 2.45) is 7.05 Å². The molecule has 1 atom stereocenters. The lowest BCUT2D eigenvalue weighted by atomic mass is 9.80. The zero-order valence-corrected chi connectivity index (χ0v) is 11.7. The van der Waals surface area contributed by atoms with E-state index in [0.29, 0.717) is 17.1 Å². The van der Waals surface area contributed by atoms with Crippen LogP contribution in [0.1, 0.15) is 39.8 Å². The van der Waals surface area contributed by atoms with Crippen LogP contribution < -0.4 is 0 Å². The summed E-state index contributed by atoms with van der Waals surface area (Å²) in [4.78, 5) is 0. The van der Waals surface area contributed by atoms with Crippen molar-refractivity contribution >= 4 is 11.6 Å². The Morgan fingerprint density at radius 3 is 2.35 bits per heavy atom. The molecule has 0 amide bonds. The van der Waals surface area contributed by atoms with Crippen molar-refractivity contribution in [3.8, 4) is 0 Å². The first-order valence-corrected chi connectivity index (χ1v) is 6.07. The molecule has 1 aromatic heterocycles. The van der Waals surface area contributed by atoms with Crippen LogP contribution in [-0.4, -0.2) is 26.1 Å². The molecule has 17 heavy (non-hydrogen) atoms. The maximum Gasteiger partial charge on any atom is 0.139 e. The number of nitrogens with zero attached hydrogens (tertiary/aromatic N) is 2. The molecule has 0 aliphatic carbocycles. The Kier molecular flexibility index (Phi) is 2.62. The smallest absolute Gasteiger partial charge is 0.139 e. The molecule has 0 radical (unpaired) electrons. The zero-order valence-electron chi connectivity index (χ0n) is 10.9. The molecule has 2 heterocycles. The molecule has 1 fully saturated rings. The Morgan fingerprint density at radius 2 is 2.00 bits per heavy atom. The molecule has 5 heteroatoms. The van der Waals surface area contributed by atoms with Gasteiger partial charge in [-0.3, -0.25) is 4.68 Å². The fourth-order valence-corrected chi connectivity index (χ4v) is 3.21. The number of rotatable bonds is 1. The molecule has 1 aliphatic rings. The third-order valence-electron chi connectivity index (χ3n) is 3.49. The normalized spacial score (nSPS) is 30.8. The van der Waals surface area contributed by atoms with E-state index in [2.05, 4.69) is 5.10 Å². The first-order valence-electron chi connectivity index (χ1n) is 5.70. The van der Waals surface area contributed by atoms with E-state index >= 15 is 0 Å². The molecular formula is C12H19ClN2O2. The lowest BCUT2D eigenvalue weighted by Gasteiger charge is -2.35. The minimum absolute atomic E-state index is 0.383. The summed E-state index contributed by atoms with van der Waals surface area (Å²) in [6.45, 7) is 7.70. The molecule has 96 valence electrons. The van der Waals surface area contributed by atoms with Crippen molar-refractivity contribution in [3.05, 3.63) is 16.9 Å². The lowest BCUT2D eigenvalue weighted by Crippen LogP contribution is -2.45. The molecule has 1 aromatic rings. The second-order valence-corrected chi connectivity index (χ2v) is 6.28. The molecule has 1 unspecified atom stereocenters. The second kappa shape index (κ2) is 3.46.